The first-order valence-electron chi connectivity index (χ1n) is 9.08. The minimum Gasteiger partial charge on any atom is -0.396 e. The summed E-state index contributed by atoms with van der Waals surface area (Å²) < 4.78 is 0. The summed E-state index contributed by atoms with van der Waals surface area (Å²) in [6, 6.07) is 3.83. The van der Waals surface area contributed by atoms with E-state index in [1.165, 1.54) is 25.7 Å². The Hall–Kier alpha value is -1.82. The predicted octanol–water partition coefficient (Wildman–Crippen LogP) is 2.42. The smallest absolute Gasteiger partial charge is 0.315 e. The summed E-state index contributed by atoms with van der Waals surface area (Å²) >= 11 is 0. The van der Waals surface area contributed by atoms with Gasteiger partial charge in [-0.1, -0.05) is 19.8 Å². The summed E-state index contributed by atoms with van der Waals surface area (Å²) in [6.07, 6.45) is 8.23. The van der Waals surface area contributed by atoms with Gasteiger partial charge in [0.2, 0.25) is 0 Å². The van der Waals surface area contributed by atoms with Crippen LogP contribution in [0, 0.1) is 0 Å². The predicted molar refractivity (Wildman–Crippen MR) is 96.1 cm³/mol. The van der Waals surface area contributed by atoms with Gasteiger partial charge in [-0.25, -0.2) is 9.78 Å². The van der Waals surface area contributed by atoms with E-state index < -0.39 is 0 Å². The van der Waals surface area contributed by atoms with Crippen molar-refractivity contribution >= 4 is 11.8 Å². The van der Waals surface area contributed by atoms with Crippen molar-refractivity contribution in [1.82, 2.24) is 15.6 Å². The fraction of sp³-hybridized carbons (Fsp3) is 0.667. The van der Waals surface area contributed by atoms with Crippen molar-refractivity contribution in [1.29, 1.82) is 0 Å². The van der Waals surface area contributed by atoms with Crippen LogP contribution in [0.15, 0.2) is 18.3 Å². The number of pyridine rings is 1. The van der Waals surface area contributed by atoms with Gasteiger partial charge in [0.25, 0.3) is 0 Å². The van der Waals surface area contributed by atoms with Gasteiger partial charge in [0.05, 0.1) is 0 Å². The Labute approximate surface area is 144 Å². The van der Waals surface area contributed by atoms with Gasteiger partial charge in [0.15, 0.2) is 0 Å². The number of aromatic nitrogens is 1. The Bertz CT molecular complexity index is 502. The lowest BCUT2D eigenvalue weighted by Crippen LogP contribution is -2.41. The summed E-state index contributed by atoms with van der Waals surface area (Å²) in [5, 5.41) is 14.8. The van der Waals surface area contributed by atoms with Crippen LogP contribution in [0.25, 0.3) is 0 Å². The zero-order valence-corrected chi connectivity index (χ0v) is 14.6. The zero-order chi connectivity index (χ0) is 17.2. The molecule has 0 radical (unpaired) electrons. The number of carbonyl (C=O) groups excluding carboxylic acids is 1. The van der Waals surface area contributed by atoms with E-state index >= 15 is 0 Å². The van der Waals surface area contributed by atoms with Crippen molar-refractivity contribution in [2.75, 3.05) is 24.6 Å². The van der Waals surface area contributed by atoms with Crippen LogP contribution >= 0.6 is 0 Å². The highest BCUT2D eigenvalue weighted by Gasteiger charge is 2.12. The van der Waals surface area contributed by atoms with Gasteiger partial charge in [-0.05, 0) is 43.4 Å². The second-order valence-electron chi connectivity index (χ2n) is 6.37. The largest absolute Gasteiger partial charge is 0.396 e. The molecule has 0 saturated carbocycles. The number of nitrogens with one attached hydrogen (secondary N) is 2. The van der Waals surface area contributed by atoms with Gasteiger partial charge < -0.3 is 20.6 Å². The molecular formula is C18H30N4O2. The second kappa shape index (κ2) is 10.1. The Morgan fingerprint density at radius 1 is 1.33 bits per heavy atom. The number of urea groups is 1. The third kappa shape index (κ3) is 6.00. The molecule has 1 aromatic rings. The summed E-state index contributed by atoms with van der Waals surface area (Å²) in [6.45, 7) is 4.68. The van der Waals surface area contributed by atoms with E-state index in [9.17, 15) is 4.79 Å². The van der Waals surface area contributed by atoms with Crippen molar-refractivity contribution in [2.45, 2.75) is 58.0 Å². The molecule has 2 heterocycles. The Kier molecular flexibility index (Phi) is 7.82. The highest BCUT2D eigenvalue weighted by atomic mass is 16.3. The first kappa shape index (κ1) is 18.5. The van der Waals surface area contributed by atoms with Crippen LogP contribution in [-0.4, -0.2) is 41.9 Å². The van der Waals surface area contributed by atoms with E-state index in [-0.39, 0.29) is 18.7 Å². The molecule has 0 spiro atoms. The number of hydrogen-bond acceptors (Lipinski definition) is 4. The molecule has 1 aliphatic rings. The summed E-state index contributed by atoms with van der Waals surface area (Å²) in [7, 11) is 0. The highest BCUT2D eigenvalue weighted by Crippen LogP contribution is 2.18. The van der Waals surface area contributed by atoms with E-state index in [0.29, 0.717) is 13.0 Å². The maximum atomic E-state index is 12.0. The number of aliphatic hydroxyl groups excluding tert-OH is 1. The standard InChI is InChI=1S/C18H30N4O2/c1-2-16(8-12-23)21-18(24)20-14-15-7-9-19-17(13-15)22-10-5-3-4-6-11-22/h7,9,13,16,23H,2-6,8,10-12,14H2,1H3,(H2,20,21,24). The van der Waals surface area contributed by atoms with Crippen molar-refractivity contribution in [2.24, 2.45) is 0 Å². The third-order valence-corrected chi connectivity index (χ3v) is 4.50. The second-order valence-corrected chi connectivity index (χ2v) is 6.37. The van der Waals surface area contributed by atoms with E-state index in [1.807, 2.05) is 19.2 Å². The molecule has 0 aliphatic carbocycles. The van der Waals surface area contributed by atoms with Crippen LogP contribution in [-0.2, 0) is 6.54 Å². The van der Waals surface area contributed by atoms with Gasteiger partial charge in [-0.15, -0.1) is 0 Å². The molecule has 134 valence electrons. The molecule has 24 heavy (non-hydrogen) atoms. The zero-order valence-electron chi connectivity index (χ0n) is 14.6. The molecule has 1 fully saturated rings. The molecule has 1 atom stereocenters. The van der Waals surface area contributed by atoms with Gasteiger partial charge in [0, 0.05) is 38.5 Å². The van der Waals surface area contributed by atoms with Gasteiger partial charge >= 0.3 is 6.03 Å². The van der Waals surface area contributed by atoms with E-state index in [0.717, 1.165) is 30.9 Å². The Morgan fingerprint density at radius 3 is 2.75 bits per heavy atom. The van der Waals surface area contributed by atoms with Gasteiger partial charge in [0.1, 0.15) is 5.82 Å². The molecule has 3 N–H and O–H groups in total. The lowest BCUT2D eigenvalue weighted by atomic mass is 10.2. The van der Waals surface area contributed by atoms with E-state index in [1.54, 1.807) is 0 Å². The Balaban J connectivity index is 1.86. The molecule has 6 nitrogen and oxygen atoms in total. The Morgan fingerprint density at radius 2 is 2.08 bits per heavy atom. The fourth-order valence-corrected chi connectivity index (χ4v) is 3.00. The van der Waals surface area contributed by atoms with Crippen LogP contribution in [0.1, 0.15) is 51.0 Å². The van der Waals surface area contributed by atoms with Crippen LogP contribution in [0.3, 0.4) is 0 Å². The number of amides is 2. The van der Waals surface area contributed by atoms with Crippen molar-refractivity contribution < 1.29 is 9.90 Å². The maximum Gasteiger partial charge on any atom is 0.315 e. The van der Waals surface area contributed by atoms with E-state index in [2.05, 4.69) is 26.6 Å². The van der Waals surface area contributed by atoms with Crippen LogP contribution < -0.4 is 15.5 Å². The van der Waals surface area contributed by atoms with Crippen LogP contribution in [0.4, 0.5) is 10.6 Å². The SMILES string of the molecule is CCC(CCO)NC(=O)NCc1ccnc(N2CCCCCC2)c1. The van der Waals surface area contributed by atoms with Gasteiger partial charge in [-0.3, -0.25) is 0 Å². The normalized spacial score (nSPS) is 16.3. The number of anilines is 1. The molecule has 1 aliphatic heterocycles. The summed E-state index contributed by atoms with van der Waals surface area (Å²) in [5.41, 5.74) is 1.05. The molecule has 1 saturated heterocycles. The maximum absolute atomic E-state index is 12.0. The number of rotatable bonds is 7. The van der Waals surface area contributed by atoms with Gasteiger partial charge in [-0.2, -0.15) is 0 Å². The minimum atomic E-state index is -0.191. The monoisotopic (exact) mass is 334 g/mol. The molecule has 0 aromatic carbocycles. The topological polar surface area (TPSA) is 77.5 Å². The van der Waals surface area contributed by atoms with Crippen molar-refractivity contribution in [3.8, 4) is 0 Å². The van der Waals surface area contributed by atoms with Crippen LogP contribution in [0.5, 0.6) is 0 Å². The lowest BCUT2D eigenvalue weighted by Gasteiger charge is -2.22. The quantitative estimate of drug-likeness (QED) is 0.716. The average molecular weight is 334 g/mol. The van der Waals surface area contributed by atoms with Crippen molar-refractivity contribution in [3.05, 3.63) is 23.9 Å². The first-order valence-corrected chi connectivity index (χ1v) is 9.08. The molecule has 0 bridgehead atoms. The van der Waals surface area contributed by atoms with Crippen molar-refractivity contribution in [3.63, 3.8) is 0 Å². The van der Waals surface area contributed by atoms with Crippen LogP contribution in [0.2, 0.25) is 0 Å². The number of nitrogens with zero attached hydrogens (tertiary/aromatic N) is 2. The number of carbonyl (C=O) groups is 1. The number of hydrogen-bond donors (Lipinski definition) is 3. The molecular weight excluding hydrogens is 304 g/mol. The minimum absolute atomic E-state index is 0.0140. The number of aliphatic hydroxyl groups is 1. The molecule has 1 aromatic heterocycles. The molecule has 6 heteroatoms. The highest BCUT2D eigenvalue weighted by molar-refractivity contribution is 5.74. The van der Waals surface area contributed by atoms with E-state index in [4.69, 9.17) is 5.11 Å². The first-order chi connectivity index (χ1) is 11.7. The summed E-state index contributed by atoms with van der Waals surface area (Å²) in [5.74, 6) is 1.00. The average Bonchev–Trinajstić information content (AvgIpc) is 2.89. The molecule has 2 amide bonds. The lowest BCUT2D eigenvalue weighted by molar-refractivity contribution is 0.227. The fourth-order valence-electron chi connectivity index (χ4n) is 3.00. The molecule has 1 unspecified atom stereocenters. The third-order valence-electron chi connectivity index (χ3n) is 4.50. The summed E-state index contributed by atoms with van der Waals surface area (Å²) in [4.78, 5) is 18.8. The molecule has 2 rings (SSSR count).